The van der Waals surface area contributed by atoms with E-state index in [1.165, 1.54) is 19.2 Å². The van der Waals surface area contributed by atoms with E-state index in [0.717, 1.165) is 0 Å². The number of carbonyl (C=O) groups excluding carboxylic acids is 2. The maximum atomic E-state index is 14.1. The Morgan fingerprint density at radius 2 is 1.92 bits per heavy atom. The van der Waals surface area contributed by atoms with E-state index in [-0.39, 0.29) is 17.3 Å². The van der Waals surface area contributed by atoms with E-state index in [1.807, 2.05) is 0 Å². The Bertz CT molecular complexity index is 682. The number of likely N-dealkylation sites (tertiary alicyclic amines) is 1. The van der Waals surface area contributed by atoms with Crippen molar-refractivity contribution in [1.29, 1.82) is 0 Å². The second-order valence-corrected chi connectivity index (χ2v) is 7.87. The fourth-order valence-corrected chi connectivity index (χ4v) is 3.18. The number of ether oxygens (including phenoxy) is 2. The summed E-state index contributed by atoms with van der Waals surface area (Å²) in [5.74, 6) is -0.963. The summed E-state index contributed by atoms with van der Waals surface area (Å²) in [6.07, 6.45) is 0.288. The number of halogens is 2. The van der Waals surface area contributed by atoms with Crippen molar-refractivity contribution in [3.8, 4) is 0 Å². The minimum atomic E-state index is -0.953. The molecule has 0 saturated carbocycles. The summed E-state index contributed by atoms with van der Waals surface area (Å²) in [4.78, 5) is 30.2. The second kappa shape index (κ2) is 7.78. The normalized spacial score (nSPS) is 16.9. The van der Waals surface area contributed by atoms with E-state index in [9.17, 15) is 14.0 Å². The van der Waals surface area contributed by atoms with Gasteiger partial charge >= 0.3 is 12.1 Å². The van der Waals surface area contributed by atoms with Crippen LogP contribution in [0.25, 0.3) is 0 Å². The molecule has 26 heavy (non-hydrogen) atoms. The summed E-state index contributed by atoms with van der Waals surface area (Å²) in [7, 11) is 1.30. The number of methoxy groups -OCH3 is 1. The molecule has 1 amide bonds. The molecule has 0 N–H and O–H groups in total. The molecule has 1 aliphatic heterocycles. The molecule has 0 unspecified atom stereocenters. The second-order valence-electron chi connectivity index (χ2n) is 7.48. The molecule has 0 radical (unpaired) electrons. The van der Waals surface area contributed by atoms with Gasteiger partial charge in [0.05, 0.1) is 18.2 Å². The standard InChI is InChI=1S/C18H24ClFN2O4/c1-17(2,3)26-16(24)22-9-7-18(8-10-22,15(23)25-4)11-13-12(20)5-6-14(19)21-13/h5-6H,7-11H2,1-4H3. The van der Waals surface area contributed by atoms with Crippen LogP contribution in [0.3, 0.4) is 0 Å². The Labute approximate surface area is 157 Å². The first-order valence-electron chi connectivity index (χ1n) is 8.44. The molecule has 0 aromatic carbocycles. The molecule has 144 valence electrons. The van der Waals surface area contributed by atoms with Gasteiger partial charge in [0, 0.05) is 19.5 Å². The average Bonchev–Trinajstić information content (AvgIpc) is 2.56. The average molecular weight is 387 g/mol. The van der Waals surface area contributed by atoms with Gasteiger partial charge in [0.1, 0.15) is 16.6 Å². The van der Waals surface area contributed by atoms with Crippen LogP contribution in [0.15, 0.2) is 12.1 Å². The predicted molar refractivity (Wildman–Crippen MR) is 94.4 cm³/mol. The number of aromatic nitrogens is 1. The fraction of sp³-hybridized carbons (Fsp3) is 0.611. The maximum Gasteiger partial charge on any atom is 0.410 e. The van der Waals surface area contributed by atoms with Crippen LogP contribution >= 0.6 is 11.6 Å². The highest BCUT2D eigenvalue weighted by Gasteiger charge is 2.44. The largest absolute Gasteiger partial charge is 0.469 e. The third-order valence-corrected chi connectivity index (χ3v) is 4.59. The molecule has 2 rings (SSSR count). The monoisotopic (exact) mass is 386 g/mol. The molecule has 0 aliphatic carbocycles. The highest BCUT2D eigenvalue weighted by atomic mass is 35.5. The summed E-state index contributed by atoms with van der Waals surface area (Å²) >= 11 is 5.86. The van der Waals surface area contributed by atoms with E-state index in [2.05, 4.69) is 4.98 Å². The maximum absolute atomic E-state index is 14.1. The molecule has 8 heteroatoms. The van der Waals surface area contributed by atoms with Gasteiger partial charge in [-0.25, -0.2) is 14.2 Å². The molecule has 2 heterocycles. The van der Waals surface area contributed by atoms with Gasteiger partial charge in [0.15, 0.2) is 0 Å². The van der Waals surface area contributed by atoms with Gasteiger partial charge in [-0.1, -0.05) is 11.6 Å². The predicted octanol–water partition coefficient (Wildman–Crippen LogP) is 3.61. The Balaban J connectivity index is 2.16. The van der Waals surface area contributed by atoms with Gasteiger partial charge in [0.2, 0.25) is 0 Å². The van der Waals surface area contributed by atoms with Crippen LogP contribution in [0.2, 0.25) is 5.15 Å². The zero-order valence-corrected chi connectivity index (χ0v) is 16.2. The summed E-state index contributed by atoms with van der Waals surface area (Å²) in [5.41, 5.74) is -1.43. The first kappa shape index (κ1) is 20.4. The highest BCUT2D eigenvalue weighted by Crippen LogP contribution is 2.37. The van der Waals surface area contributed by atoms with Gasteiger partial charge < -0.3 is 14.4 Å². The minimum Gasteiger partial charge on any atom is -0.469 e. The molecule has 0 bridgehead atoms. The third kappa shape index (κ3) is 4.84. The summed E-state index contributed by atoms with van der Waals surface area (Å²) in [5, 5.41) is 0.160. The smallest absolute Gasteiger partial charge is 0.410 e. The molecule has 1 aliphatic rings. The zero-order valence-electron chi connectivity index (χ0n) is 15.5. The van der Waals surface area contributed by atoms with E-state index < -0.39 is 28.9 Å². The van der Waals surface area contributed by atoms with Crippen molar-refractivity contribution in [1.82, 2.24) is 9.88 Å². The van der Waals surface area contributed by atoms with Gasteiger partial charge in [-0.15, -0.1) is 0 Å². The van der Waals surface area contributed by atoms with Crippen LogP contribution < -0.4 is 0 Å². The third-order valence-electron chi connectivity index (χ3n) is 4.38. The highest BCUT2D eigenvalue weighted by molar-refractivity contribution is 6.29. The molecule has 1 aromatic heterocycles. The van der Waals surface area contributed by atoms with Crippen molar-refractivity contribution < 1.29 is 23.5 Å². The molecule has 0 atom stereocenters. The summed E-state index contributed by atoms with van der Waals surface area (Å²) in [6.45, 7) is 6.00. The number of hydrogen-bond donors (Lipinski definition) is 0. The number of nitrogens with zero attached hydrogens (tertiary/aromatic N) is 2. The molecule has 1 aromatic rings. The van der Waals surface area contributed by atoms with Crippen molar-refractivity contribution in [3.63, 3.8) is 0 Å². The van der Waals surface area contributed by atoms with Crippen LogP contribution in [0.1, 0.15) is 39.3 Å². The van der Waals surface area contributed by atoms with Crippen molar-refractivity contribution in [2.45, 2.75) is 45.6 Å². The number of piperidine rings is 1. The SMILES string of the molecule is COC(=O)C1(Cc2nc(Cl)ccc2F)CCN(C(=O)OC(C)(C)C)CC1. The zero-order chi connectivity index (χ0) is 19.5. The summed E-state index contributed by atoms with van der Waals surface area (Å²) < 4.78 is 24.4. The van der Waals surface area contributed by atoms with Crippen molar-refractivity contribution in [2.75, 3.05) is 20.2 Å². The Kier molecular flexibility index (Phi) is 6.11. The number of hydrogen-bond acceptors (Lipinski definition) is 5. The lowest BCUT2D eigenvalue weighted by Gasteiger charge is -2.39. The van der Waals surface area contributed by atoms with Crippen LogP contribution in [0.5, 0.6) is 0 Å². The topological polar surface area (TPSA) is 68.7 Å². The van der Waals surface area contributed by atoms with Crippen molar-refractivity contribution >= 4 is 23.7 Å². The van der Waals surface area contributed by atoms with Gasteiger partial charge in [-0.2, -0.15) is 0 Å². The van der Waals surface area contributed by atoms with Crippen LogP contribution in [0.4, 0.5) is 9.18 Å². The Morgan fingerprint density at radius 1 is 1.31 bits per heavy atom. The number of rotatable bonds is 3. The Morgan fingerprint density at radius 3 is 2.46 bits per heavy atom. The van der Waals surface area contributed by atoms with Crippen LogP contribution in [0, 0.1) is 11.2 Å². The lowest BCUT2D eigenvalue weighted by Crippen LogP contribution is -2.49. The molecule has 1 fully saturated rings. The van der Waals surface area contributed by atoms with Crippen LogP contribution in [-0.4, -0.2) is 47.7 Å². The van der Waals surface area contributed by atoms with E-state index in [4.69, 9.17) is 21.1 Å². The number of amides is 1. The minimum absolute atomic E-state index is 0.0637. The molecule has 0 spiro atoms. The van der Waals surface area contributed by atoms with E-state index in [1.54, 1.807) is 25.7 Å². The van der Waals surface area contributed by atoms with E-state index in [0.29, 0.717) is 25.9 Å². The van der Waals surface area contributed by atoms with E-state index >= 15 is 0 Å². The van der Waals surface area contributed by atoms with Gasteiger partial charge in [-0.05, 0) is 45.7 Å². The first-order chi connectivity index (χ1) is 12.1. The fourth-order valence-electron chi connectivity index (χ4n) is 3.02. The van der Waals surface area contributed by atoms with Crippen LogP contribution in [-0.2, 0) is 20.7 Å². The first-order valence-corrected chi connectivity index (χ1v) is 8.81. The number of pyridine rings is 1. The molecular formula is C18H24ClFN2O4. The van der Waals surface area contributed by atoms with Crippen molar-refractivity contribution in [3.05, 3.63) is 28.8 Å². The van der Waals surface area contributed by atoms with Crippen molar-refractivity contribution in [2.24, 2.45) is 5.41 Å². The summed E-state index contributed by atoms with van der Waals surface area (Å²) in [6, 6.07) is 2.59. The quantitative estimate of drug-likeness (QED) is 0.586. The number of carbonyl (C=O) groups is 2. The molecular weight excluding hydrogens is 363 g/mol. The number of esters is 1. The lowest BCUT2D eigenvalue weighted by atomic mass is 9.74. The Hall–Kier alpha value is -1.89. The molecule has 6 nitrogen and oxygen atoms in total. The van der Waals surface area contributed by atoms with Gasteiger partial charge in [-0.3, -0.25) is 4.79 Å². The van der Waals surface area contributed by atoms with Gasteiger partial charge in [0.25, 0.3) is 0 Å². The molecule has 1 saturated heterocycles. The lowest BCUT2D eigenvalue weighted by molar-refractivity contribution is -0.156.